The molecule has 3 aromatic rings. The number of hydrogen-bond donors (Lipinski definition) is 1. The van der Waals surface area contributed by atoms with E-state index in [1.807, 2.05) is 0 Å². The van der Waals surface area contributed by atoms with Crippen LogP contribution in [0.25, 0.3) is 5.76 Å². The Bertz CT molecular complexity index is 1560. The SMILES string of the molecule is CCCCOc1ccc(C(O)=C2C(=O)C(=O)N(c3nc(C)c(C(=O)OCC)s3)[C@@H]2c2ccc(OCCC(C)C)c(OC)c2)cc1. The number of aliphatic hydroxyl groups excluding tert-OH is 1. The van der Waals surface area contributed by atoms with Crippen LogP contribution in [-0.2, 0) is 14.3 Å². The van der Waals surface area contributed by atoms with Gasteiger partial charge >= 0.3 is 11.9 Å². The molecule has 2 heterocycles. The zero-order valence-electron chi connectivity index (χ0n) is 26.5. The molecular weight excluding hydrogens is 596 g/mol. The molecule has 1 atom stereocenters. The van der Waals surface area contributed by atoms with Gasteiger partial charge in [-0.1, -0.05) is 44.6 Å². The smallest absolute Gasteiger partial charge is 0.350 e. The van der Waals surface area contributed by atoms with Crippen molar-refractivity contribution in [1.82, 2.24) is 4.98 Å². The zero-order chi connectivity index (χ0) is 32.7. The summed E-state index contributed by atoms with van der Waals surface area (Å²) in [6.45, 7) is 10.8. The number of thiazole rings is 1. The van der Waals surface area contributed by atoms with Gasteiger partial charge in [0.05, 0.1) is 44.2 Å². The number of hydrogen-bond acceptors (Lipinski definition) is 10. The van der Waals surface area contributed by atoms with Crippen molar-refractivity contribution in [2.24, 2.45) is 5.92 Å². The highest BCUT2D eigenvalue weighted by molar-refractivity contribution is 7.17. The summed E-state index contributed by atoms with van der Waals surface area (Å²) in [4.78, 5) is 45.9. The molecule has 0 radical (unpaired) electrons. The summed E-state index contributed by atoms with van der Waals surface area (Å²) in [5, 5.41) is 11.7. The molecule has 0 bridgehead atoms. The van der Waals surface area contributed by atoms with Crippen molar-refractivity contribution in [3.05, 3.63) is 69.7 Å². The Hall–Kier alpha value is -4.38. The molecule has 240 valence electrons. The lowest BCUT2D eigenvalue weighted by molar-refractivity contribution is -0.132. The number of ketones is 1. The van der Waals surface area contributed by atoms with Crippen LogP contribution in [0.1, 0.15) is 79.5 Å². The van der Waals surface area contributed by atoms with Crippen LogP contribution in [0.15, 0.2) is 48.0 Å². The molecule has 4 rings (SSSR count). The number of aliphatic hydroxyl groups is 1. The van der Waals surface area contributed by atoms with Gasteiger partial charge in [-0.25, -0.2) is 9.78 Å². The standard InChI is InChI=1S/C34H40N2O8S/c1-7-9-17-43-24-13-10-22(11-14-24)29(37)27-28(23-12-15-25(26(19-23)41-6)44-18-16-20(3)4)36(32(39)30(27)38)34-35-21(5)31(45-34)33(40)42-8-2/h10-15,19-20,28,37H,7-9,16-18H2,1-6H3/t28-/m1/s1. The van der Waals surface area contributed by atoms with Crippen LogP contribution >= 0.6 is 11.3 Å². The highest BCUT2D eigenvalue weighted by Crippen LogP contribution is 2.45. The van der Waals surface area contributed by atoms with E-state index in [4.69, 9.17) is 18.9 Å². The van der Waals surface area contributed by atoms with Gasteiger partial charge < -0.3 is 24.1 Å². The fraction of sp³-hybridized carbons (Fsp3) is 0.412. The summed E-state index contributed by atoms with van der Waals surface area (Å²) in [6.07, 6.45) is 2.75. The first-order valence-electron chi connectivity index (χ1n) is 15.1. The van der Waals surface area contributed by atoms with Crippen molar-refractivity contribution in [1.29, 1.82) is 0 Å². The molecule has 1 amide bonds. The van der Waals surface area contributed by atoms with E-state index in [1.54, 1.807) is 56.3 Å². The van der Waals surface area contributed by atoms with Gasteiger partial charge in [0.1, 0.15) is 16.4 Å². The van der Waals surface area contributed by atoms with Gasteiger partial charge in [-0.05, 0) is 74.6 Å². The molecule has 1 aromatic heterocycles. The van der Waals surface area contributed by atoms with Gasteiger partial charge in [-0.2, -0.15) is 0 Å². The fourth-order valence-corrected chi connectivity index (χ4v) is 5.78. The maximum absolute atomic E-state index is 13.7. The van der Waals surface area contributed by atoms with Crippen LogP contribution in [0.2, 0.25) is 0 Å². The number of rotatable bonds is 14. The van der Waals surface area contributed by atoms with E-state index in [9.17, 15) is 19.5 Å². The number of carbonyl (C=O) groups excluding carboxylic acids is 3. The van der Waals surface area contributed by atoms with Crippen molar-refractivity contribution < 1.29 is 38.4 Å². The van der Waals surface area contributed by atoms with Crippen molar-refractivity contribution >= 4 is 39.9 Å². The van der Waals surface area contributed by atoms with Crippen LogP contribution in [0.3, 0.4) is 0 Å². The predicted molar refractivity (Wildman–Crippen MR) is 172 cm³/mol. The Kier molecular flexibility index (Phi) is 11.2. The third-order valence-electron chi connectivity index (χ3n) is 7.25. The lowest BCUT2D eigenvalue weighted by Gasteiger charge is -2.24. The molecular formula is C34H40N2O8S. The number of esters is 1. The number of aromatic nitrogens is 1. The molecule has 0 aliphatic carbocycles. The van der Waals surface area contributed by atoms with Gasteiger partial charge in [-0.15, -0.1) is 0 Å². The summed E-state index contributed by atoms with van der Waals surface area (Å²) in [7, 11) is 1.51. The molecule has 2 aromatic carbocycles. The molecule has 0 unspecified atom stereocenters. The van der Waals surface area contributed by atoms with Crippen molar-refractivity contribution in [2.45, 2.75) is 59.9 Å². The van der Waals surface area contributed by atoms with Gasteiger partial charge in [-0.3, -0.25) is 14.5 Å². The number of benzene rings is 2. The number of unbranched alkanes of at least 4 members (excludes halogenated alkanes) is 1. The first kappa shape index (κ1) is 33.5. The van der Waals surface area contributed by atoms with E-state index in [0.717, 1.165) is 30.6 Å². The number of aryl methyl sites for hydroxylation is 1. The van der Waals surface area contributed by atoms with Gasteiger partial charge in [0.2, 0.25) is 0 Å². The van der Waals surface area contributed by atoms with Crippen molar-refractivity contribution in [3.8, 4) is 17.2 Å². The van der Waals surface area contributed by atoms with E-state index in [0.29, 0.717) is 53.2 Å². The second-order valence-electron chi connectivity index (χ2n) is 11.0. The number of methoxy groups -OCH3 is 1. The van der Waals surface area contributed by atoms with E-state index < -0.39 is 23.7 Å². The Morgan fingerprint density at radius 3 is 2.42 bits per heavy atom. The maximum atomic E-state index is 13.7. The molecule has 1 N–H and O–H groups in total. The topological polar surface area (TPSA) is 124 Å². The summed E-state index contributed by atoms with van der Waals surface area (Å²) in [5.74, 6) is -0.712. The summed E-state index contributed by atoms with van der Waals surface area (Å²) < 4.78 is 22.5. The summed E-state index contributed by atoms with van der Waals surface area (Å²) in [6, 6.07) is 10.7. The Morgan fingerprint density at radius 1 is 1.04 bits per heavy atom. The summed E-state index contributed by atoms with van der Waals surface area (Å²) in [5.41, 5.74) is 1.05. The van der Waals surface area contributed by atoms with Gasteiger partial charge in [0.15, 0.2) is 16.6 Å². The van der Waals surface area contributed by atoms with Crippen LogP contribution in [0.5, 0.6) is 17.2 Å². The predicted octanol–water partition coefficient (Wildman–Crippen LogP) is 6.87. The molecule has 11 heteroatoms. The normalized spacial score (nSPS) is 15.9. The highest BCUT2D eigenvalue weighted by Gasteiger charge is 2.48. The molecule has 1 fully saturated rings. The molecule has 1 saturated heterocycles. The van der Waals surface area contributed by atoms with Crippen LogP contribution in [-0.4, -0.2) is 54.7 Å². The Balaban J connectivity index is 1.83. The number of carbonyl (C=O) groups is 3. The first-order chi connectivity index (χ1) is 21.6. The minimum atomic E-state index is -1.08. The second kappa shape index (κ2) is 15.1. The monoisotopic (exact) mass is 636 g/mol. The van der Waals surface area contributed by atoms with Crippen LogP contribution in [0.4, 0.5) is 5.13 Å². The largest absolute Gasteiger partial charge is 0.507 e. The second-order valence-corrected chi connectivity index (χ2v) is 11.9. The lowest BCUT2D eigenvalue weighted by atomic mass is 9.95. The van der Waals surface area contributed by atoms with Gasteiger partial charge in [0, 0.05) is 5.56 Å². The quantitative estimate of drug-likeness (QED) is 0.0664. The fourth-order valence-electron chi connectivity index (χ4n) is 4.79. The van der Waals surface area contributed by atoms with Gasteiger partial charge in [0.25, 0.3) is 5.78 Å². The van der Waals surface area contributed by atoms with Crippen molar-refractivity contribution in [2.75, 3.05) is 31.8 Å². The lowest BCUT2D eigenvalue weighted by Crippen LogP contribution is -2.29. The highest BCUT2D eigenvalue weighted by atomic mass is 32.1. The number of nitrogens with zero attached hydrogens (tertiary/aromatic N) is 2. The minimum absolute atomic E-state index is 0.123. The van der Waals surface area contributed by atoms with Crippen LogP contribution < -0.4 is 19.1 Å². The molecule has 0 spiro atoms. The third-order valence-corrected chi connectivity index (χ3v) is 8.38. The molecule has 1 aliphatic heterocycles. The first-order valence-corrected chi connectivity index (χ1v) is 15.9. The Labute approximate surface area is 267 Å². The minimum Gasteiger partial charge on any atom is -0.507 e. The van der Waals surface area contributed by atoms with E-state index >= 15 is 0 Å². The molecule has 45 heavy (non-hydrogen) atoms. The number of Topliss-reactive ketones (excluding diaryl/α,β-unsaturated/α-hetero) is 1. The number of amides is 1. The molecule has 1 aliphatic rings. The van der Waals surface area contributed by atoms with E-state index in [1.165, 1.54) is 12.0 Å². The number of ether oxygens (including phenoxy) is 4. The van der Waals surface area contributed by atoms with Crippen molar-refractivity contribution in [3.63, 3.8) is 0 Å². The molecule has 10 nitrogen and oxygen atoms in total. The average Bonchev–Trinajstić information content (AvgIpc) is 3.53. The third kappa shape index (κ3) is 7.47. The number of anilines is 1. The van der Waals surface area contributed by atoms with E-state index in [2.05, 4.69) is 25.8 Å². The van der Waals surface area contributed by atoms with Crippen LogP contribution in [0, 0.1) is 12.8 Å². The molecule has 0 saturated carbocycles. The summed E-state index contributed by atoms with van der Waals surface area (Å²) >= 11 is 0.947. The Morgan fingerprint density at radius 2 is 1.78 bits per heavy atom. The maximum Gasteiger partial charge on any atom is 0.350 e. The van der Waals surface area contributed by atoms with E-state index in [-0.39, 0.29) is 27.9 Å². The zero-order valence-corrected chi connectivity index (χ0v) is 27.4. The average molecular weight is 637 g/mol.